The van der Waals surface area contributed by atoms with E-state index >= 15 is 0 Å². The van der Waals surface area contributed by atoms with Gasteiger partial charge in [0.2, 0.25) is 0 Å². The van der Waals surface area contributed by atoms with Gasteiger partial charge in [-0.1, -0.05) is 46.5 Å². The van der Waals surface area contributed by atoms with E-state index in [1.54, 1.807) is 19.1 Å². The van der Waals surface area contributed by atoms with Gasteiger partial charge in [0.05, 0.1) is 18.7 Å². The number of hydrogen-bond donors (Lipinski definition) is 1. The van der Waals surface area contributed by atoms with Crippen molar-refractivity contribution in [3.8, 4) is 11.5 Å². The van der Waals surface area contributed by atoms with Crippen LogP contribution in [0.5, 0.6) is 11.5 Å². The van der Waals surface area contributed by atoms with Crippen LogP contribution in [0, 0.1) is 0 Å². The summed E-state index contributed by atoms with van der Waals surface area (Å²) >= 11 is 12.2. The molecule has 0 amide bonds. The van der Waals surface area contributed by atoms with E-state index in [9.17, 15) is 14.7 Å². The fourth-order valence-electron chi connectivity index (χ4n) is 3.71. The Bertz CT molecular complexity index is 1140. The highest BCUT2D eigenvalue weighted by molar-refractivity contribution is 6.36. The minimum absolute atomic E-state index is 0.0447. The van der Waals surface area contributed by atoms with E-state index in [4.69, 9.17) is 32.7 Å². The molecule has 0 bridgehead atoms. The highest BCUT2D eigenvalue weighted by Crippen LogP contribution is 2.36. The molecule has 5 nitrogen and oxygen atoms in total. The fourth-order valence-corrected chi connectivity index (χ4v) is 4.22. The van der Waals surface area contributed by atoms with Gasteiger partial charge in [0.25, 0.3) is 0 Å². The lowest BCUT2D eigenvalue weighted by atomic mass is 9.90. The number of allylic oxidation sites excluding steroid dienone is 4. The zero-order chi connectivity index (χ0) is 26.1. The lowest BCUT2D eigenvalue weighted by molar-refractivity contribution is 0.0521. The number of ketones is 1. The van der Waals surface area contributed by atoms with Crippen molar-refractivity contribution in [2.24, 2.45) is 0 Å². The zero-order valence-corrected chi connectivity index (χ0v) is 22.3. The SMILES string of the molecule is CCOC(=O)c1c(O)cc(OC)c(C/C=C(\C)CCC=C(C)C)c1CC(=O)c1ccc(Cl)cc1Cl. The number of aromatic hydroxyl groups is 1. The van der Waals surface area contributed by atoms with E-state index in [-0.39, 0.29) is 40.7 Å². The molecule has 0 saturated heterocycles. The minimum Gasteiger partial charge on any atom is -0.507 e. The summed E-state index contributed by atoms with van der Waals surface area (Å²) in [4.78, 5) is 26.1. The molecule has 0 saturated carbocycles. The summed E-state index contributed by atoms with van der Waals surface area (Å²) in [5, 5.41) is 11.3. The summed E-state index contributed by atoms with van der Waals surface area (Å²) in [5.74, 6) is -0.953. The maximum atomic E-state index is 13.3. The first kappa shape index (κ1) is 28.5. The molecule has 35 heavy (non-hydrogen) atoms. The van der Waals surface area contributed by atoms with Gasteiger partial charge in [0.15, 0.2) is 5.78 Å². The molecule has 188 valence electrons. The molecule has 0 aromatic heterocycles. The molecule has 1 N–H and O–H groups in total. The Morgan fingerprint density at radius 1 is 1.06 bits per heavy atom. The maximum absolute atomic E-state index is 13.3. The molecule has 7 heteroatoms. The van der Waals surface area contributed by atoms with Crippen LogP contribution < -0.4 is 4.74 Å². The van der Waals surface area contributed by atoms with E-state index in [1.807, 2.05) is 13.0 Å². The number of rotatable bonds is 11. The normalized spacial score (nSPS) is 11.2. The van der Waals surface area contributed by atoms with Crippen molar-refractivity contribution >= 4 is 35.0 Å². The molecule has 0 aliphatic heterocycles. The molecule has 2 aromatic rings. The fraction of sp³-hybridized carbons (Fsp3) is 0.357. The van der Waals surface area contributed by atoms with Gasteiger partial charge in [-0.15, -0.1) is 0 Å². The number of phenolic OH excluding ortho intramolecular Hbond substituents is 1. The average Bonchev–Trinajstić information content (AvgIpc) is 2.77. The number of ether oxygens (including phenoxy) is 2. The van der Waals surface area contributed by atoms with Gasteiger partial charge in [-0.3, -0.25) is 4.79 Å². The van der Waals surface area contributed by atoms with Gasteiger partial charge in [0.1, 0.15) is 17.1 Å². The molecule has 0 radical (unpaired) electrons. The van der Waals surface area contributed by atoms with Crippen LogP contribution in [-0.2, 0) is 17.6 Å². The second-order valence-corrected chi connectivity index (χ2v) is 9.29. The highest BCUT2D eigenvalue weighted by Gasteiger charge is 2.26. The first-order valence-corrected chi connectivity index (χ1v) is 12.2. The second-order valence-electron chi connectivity index (χ2n) is 8.45. The van der Waals surface area contributed by atoms with Gasteiger partial charge in [0, 0.05) is 28.6 Å². The number of Topliss-reactive ketones (excluding diaryl/α,β-unsaturated/α-hetero) is 1. The van der Waals surface area contributed by atoms with Crippen molar-refractivity contribution in [3.05, 3.63) is 79.9 Å². The van der Waals surface area contributed by atoms with E-state index in [0.717, 1.165) is 18.4 Å². The Kier molecular flexibility index (Phi) is 10.9. The third-order valence-electron chi connectivity index (χ3n) is 5.50. The van der Waals surface area contributed by atoms with Crippen LogP contribution in [0.25, 0.3) is 0 Å². The van der Waals surface area contributed by atoms with Crippen LogP contribution in [-0.4, -0.2) is 30.6 Å². The number of halogens is 2. The number of methoxy groups -OCH3 is 1. The van der Waals surface area contributed by atoms with Gasteiger partial charge < -0.3 is 14.6 Å². The number of phenols is 1. The van der Waals surface area contributed by atoms with Crippen LogP contribution >= 0.6 is 23.2 Å². The van der Waals surface area contributed by atoms with Crippen LogP contribution in [0.2, 0.25) is 10.0 Å². The summed E-state index contributed by atoms with van der Waals surface area (Å²) in [6.07, 6.45) is 6.26. The van der Waals surface area contributed by atoms with Crippen molar-refractivity contribution < 1.29 is 24.2 Å². The predicted octanol–water partition coefficient (Wildman–Crippen LogP) is 7.54. The highest BCUT2D eigenvalue weighted by atomic mass is 35.5. The van der Waals surface area contributed by atoms with Crippen LogP contribution in [0.3, 0.4) is 0 Å². The zero-order valence-electron chi connectivity index (χ0n) is 20.8. The third kappa shape index (κ3) is 7.87. The molecule has 2 aromatic carbocycles. The molecule has 0 aliphatic carbocycles. The summed E-state index contributed by atoms with van der Waals surface area (Å²) in [6, 6.07) is 6.00. The Balaban J connectivity index is 2.58. The summed E-state index contributed by atoms with van der Waals surface area (Å²) in [5.41, 5.74) is 3.63. The largest absolute Gasteiger partial charge is 0.507 e. The maximum Gasteiger partial charge on any atom is 0.342 e. The van der Waals surface area contributed by atoms with Crippen molar-refractivity contribution in [2.45, 2.75) is 53.4 Å². The smallest absolute Gasteiger partial charge is 0.342 e. The van der Waals surface area contributed by atoms with Crippen molar-refractivity contribution in [2.75, 3.05) is 13.7 Å². The van der Waals surface area contributed by atoms with E-state index < -0.39 is 5.97 Å². The van der Waals surface area contributed by atoms with Gasteiger partial charge in [-0.05, 0) is 70.7 Å². The molecular weight excluding hydrogens is 487 g/mol. The summed E-state index contributed by atoms with van der Waals surface area (Å²) in [7, 11) is 1.48. The Morgan fingerprint density at radius 2 is 1.77 bits per heavy atom. The molecule has 2 rings (SSSR count). The summed E-state index contributed by atoms with van der Waals surface area (Å²) < 4.78 is 10.7. The molecule has 0 heterocycles. The first-order chi connectivity index (χ1) is 16.6. The number of benzene rings is 2. The molecule has 0 fully saturated rings. The Labute approximate surface area is 217 Å². The van der Waals surface area contributed by atoms with E-state index in [1.165, 1.54) is 24.8 Å². The molecule has 0 atom stereocenters. The number of esters is 1. The van der Waals surface area contributed by atoms with E-state index in [2.05, 4.69) is 19.9 Å². The van der Waals surface area contributed by atoms with Crippen molar-refractivity contribution in [1.82, 2.24) is 0 Å². The quantitative estimate of drug-likeness (QED) is 0.189. The second kappa shape index (κ2) is 13.4. The third-order valence-corrected chi connectivity index (χ3v) is 6.05. The van der Waals surface area contributed by atoms with Gasteiger partial charge >= 0.3 is 5.97 Å². The minimum atomic E-state index is -0.705. The standard InChI is InChI=1S/C28H32Cl2O5/c1-6-35-28(33)27-22(15-24(31)21-13-11-19(29)14-23(21)30)20(26(34-5)16-25(27)32)12-10-18(4)9-7-8-17(2)3/h8,10-11,13-14,16,32H,6-7,9,12,15H2,1-5H3/b18-10+. The van der Waals surface area contributed by atoms with E-state index in [0.29, 0.717) is 28.3 Å². The molecule has 0 aliphatic rings. The molecule has 0 spiro atoms. The predicted molar refractivity (Wildman–Crippen MR) is 141 cm³/mol. The van der Waals surface area contributed by atoms with Crippen molar-refractivity contribution in [1.29, 1.82) is 0 Å². The number of carbonyl (C=O) groups excluding carboxylic acids is 2. The van der Waals surface area contributed by atoms with Crippen LogP contribution in [0.15, 0.2) is 47.6 Å². The monoisotopic (exact) mass is 518 g/mol. The van der Waals surface area contributed by atoms with Crippen LogP contribution in [0.1, 0.15) is 72.4 Å². The topological polar surface area (TPSA) is 72.8 Å². The number of hydrogen-bond acceptors (Lipinski definition) is 5. The summed E-state index contributed by atoms with van der Waals surface area (Å²) in [6.45, 7) is 7.97. The lowest BCUT2D eigenvalue weighted by Crippen LogP contribution is -2.15. The number of carbonyl (C=O) groups is 2. The Hall–Kier alpha value is -2.76. The first-order valence-electron chi connectivity index (χ1n) is 11.4. The Morgan fingerprint density at radius 3 is 2.37 bits per heavy atom. The van der Waals surface area contributed by atoms with Gasteiger partial charge in [-0.2, -0.15) is 0 Å². The molecule has 0 unspecified atom stereocenters. The average molecular weight is 519 g/mol. The lowest BCUT2D eigenvalue weighted by Gasteiger charge is -2.18. The van der Waals surface area contributed by atoms with Crippen molar-refractivity contribution in [3.63, 3.8) is 0 Å². The van der Waals surface area contributed by atoms with Crippen LogP contribution in [0.4, 0.5) is 0 Å². The molecular formula is C28H32Cl2O5. The van der Waals surface area contributed by atoms with Gasteiger partial charge in [-0.25, -0.2) is 4.79 Å².